The Balaban J connectivity index is -0.000000480. The van der Waals surface area contributed by atoms with Crippen molar-refractivity contribution in [1.82, 2.24) is 4.90 Å². The summed E-state index contributed by atoms with van der Waals surface area (Å²) in [6.07, 6.45) is 1.84. The van der Waals surface area contributed by atoms with Crippen LogP contribution in [0.1, 0.15) is 23.1 Å². The normalized spacial score (nSPS) is 29.8. The summed E-state index contributed by atoms with van der Waals surface area (Å²) in [5.74, 6) is 0.764. The second kappa shape index (κ2) is 7.29. The summed E-state index contributed by atoms with van der Waals surface area (Å²) in [5, 5.41) is 0. The number of morpholine rings is 1. The van der Waals surface area contributed by atoms with Gasteiger partial charge in [-0.3, -0.25) is 4.90 Å². The fourth-order valence-electron chi connectivity index (χ4n) is 1.75. The Morgan fingerprint density at radius 1 is 1.38 bits per heavy atom. The van der Waals surface area contributed by atoms with Crippen LogP contribution in [0.3, 0.4) is 0 Å². The van der Waals surface area contributed by atoms with Gasteiger partial charge in [-0.1, -0.05) is 0 Å². The number of hydrogen-bond acceptors (Lipinski definition) is 2. The summed E-state index contributed by atoms with van der Waals surface area (Å²) in [4.78, 5) is 2.43. The minimum absolute atomic E-state index is 0. The predicted molar refractivity (Wildman–Crippen MR) is 59.8 cm³/mol. The van der Waals surface area contributed by atoms with Crippen LogP contribution in [0.5, 0.6) is 0 Å². The van der Waals surface area contributed by atoms with Crippen LogP contribution in [0.4, 0.5) is 0 Å². The molecular weight excluding hydrogens is 198 g/mol. The maximum atomic E-state index is 5.64. The molecule has 1 fully saturated rings. The molecule has 0 spiro atoms. The first kappa shape index (κ1) is 14.0. The number of rotatable bonds is 3. The van der Waals surface area contributed by atoms with E-state index in [1.54, 1.807) is 0 Å². The van der Waals surface area contributed by atoms with Crippen molar-refractivity contribution in [3.05, 3.63) is 0 Å². The minimum atomic E-state index is 0. The van der Waals surface area contributed by atoms with Crippen molar-refractivity contribution in [2.75, 3.05) is 25.5 Å². The van der Waals surface area contributed by atoms with E-state index in [9.17, 15) is 0 Å². The smallest absolute Gasteiger partial charge is 1.00 e. The zero-order valence-electron chi connectivity index (χ0n) is 10.6. The van der Waals surface area contributed by atoms with Gasteiger partial charge in [-0.25, -0.2) is 0 Å². The van der Waals surface area contributed by atoms with E-state index in [1.165, 1.54) is 0 Å². The molecule has 2 unspecified atom stereocenters. The third-order valence-corrected chi connectivity index (χ3v) is 2.37. The van der Waals surface area contributed by atoms with Gasteiger partial charge in [0.1, 0.15) is 0 Å². The van der Waals surface area contributed by atoms with Gasteiger partial charge in [0.25, 0.3) is 0 Å². The van der Waals surface area contributed by atoms with Crippen molar-refractivity contribution >= 4 is 34.7 Å². The van der Waals surface area contributed by atoms with Crippen molar-refractivity contribution in [1.29, 1.82) is 0 Å². The van der Waals surface area contributed by atoms with Crippen LogP contribution in [-0.4, -0.2) is 65.7 Å². The summed E-state index contributed by atoms with van der Waals surface area (Å²) in [5.41, 5.74) is 0. The average molecular weight is 218 g/mol. The first-order valence-electron chi connectivity index (χ1n) is 4.66. The average Bonchev–Trinajstić information content (AvgIpc) is 1.99. The summed E-state index contributed by atoms with van der Waals surface area (Å²) in [6, 6.07) is 0. The van der Waals surface area contributed by atoms with E-state index in [4.69, 9.17) is 16.3 Å². The van der Waals surface area contributed by atoms with Crippen molar-refractivity contribution in [3.63, 3.8) is 0 Å². The molecule has 0 aromatic carbocycles. The topological polar surface area (TPSA) is 12.5 Å². The second-order valence-electron chi connectivity index (χ2n) is 3.56. The molecule has 76 valence electrons. The van der Waals surface area contributed by atoms with Gasteiger partial charge in [-0.05, 0) is 26.8 Å². The Bertz CT molecular complexity index is 135. The van der Waals surface area contributed by atoms with Crippen LogP contribution >= 0.6 is 11.6 Å². The minimum Gasteiger partial charge on any atom is -1.00 e. The molecule has 2 nitrogen and oxygen atoms in total. The van der Waals surface area contributed by atoms with E-state index in [0.29, 0.717) is 12.2 Å². The van der Waals surface area contributed by atoms with Crippen LogP contribution in [-0.2, 0) is 4.74 Å². The van der Waals surface area contributed by atoms with E-state index < -0.39 is 0 Å². The van der Waals surface area contributed by atoms with Gasteiger partial charge in [-0.2, -0.15) is 0 Å². The summed E-state index contributed by atoms with van der Waals surface area (Å²) in [6.45, 7) is 7.48. The number of nitrogens with zero attached hydrogens (tertiary/aromatic N) is 1. The van der Waals surface area contributed by atoms with E-state index in [-0.39, 0.29) is 25.9 Å². The molecule has 0 aromatic heterocycles. The van der Waals surface area contributed by atoms with E-state index in [1.807, 2.05) is 0 Å². The third-order valence-electron chi connectivity index (χ3n) is 2.10. The Morgan fingerprint density at radius 3 is 2.38 bits per heavy atom. The van der Waals surface area contributed by atoms with Crippen LogP contribution in [0.2, 0.25) is 0 Å². The second-order valence-corrected chi connectivity index (χ2v) is 3.94. The Kier molecular flexibility index (Phi) is 7.84. The first-order chi connectivity index (χ1) is 5.72. The number of alkyl halides is 1. The molecule has 1 rings (SSSR count). The molecule has 4 heteroatoms. The van der Waals surface area contributed by atoms with Gasteiger partial charge in [0.05, 0.1) is 12.2 Å². The number of ether oxygens (including phenoxy) is 1. The molecule has 1 aliphatic heterocycles. The molecule has 0 aliphatic carbocycles. The molecule has 0 bridgehead atoms. The van der Waals surface area contributed by atoms with Crippen LogP contribution in [0, 0.1) is 0 Å². The van der Waals surface area contributed by atoms with Crippen LogP contribution in [0.15, 0.2) is 0 Å². The van der Waals surface area contributed by atoms with Gasteiger partial charge in [0, 0.05) is 19.0 Å². The molecule has 0 amide bonds. The largest absolute Gasteiger partial charge is 2.00 e. The third kappa shape index (κ3) is 5.42. The van der Waals surface area contributed by atoms with Crippen LogP contribution in [0.25, 0.3) is 0 Å². The number of hydrogen-bond donors (Lipinski definition) is 0. The van der Waals surface area contributed by atoms with Crippen molar-refractivity contribution in [2.45, 2.75) is 32.5 Å². The van der Waals surface area contributed by atoms with Crippen molar-refractivity contribution in [2.24, 2.45) is 0 Å². The van der Waals surface area contributed by atoms with Gasteiger partial charge in [-0.15, -0.1) is 11.6 Å². The van der Waals surface area contributed by atoms with E-state index in [0.717, 1.165) is 31.9 Å². The fourth-order valence-corrected chi connectivity index (χ4v) is 1.87. The maximum absolute atomic E-state index is 5.64. The molecule has 0 radical (unpaired) electrons. The van der Waals surface area contributed by atoms with Crippen LogP contribution < -0.4 is 0 Å². The monoisotopic (exact) mass is 217 g/mol. The van der Waals surface area contributed by atoms with Gasteiger partial charge < -0.3 is 7.59 Å². The van der Waals surface area contributed by atoms with E-state index in [2.05, 4.69) is 18.7 Å². The molecule has 1 heterocycles. The zero-order valence-corrected chi connectivity index (χ0v) is 10.8. The Hall–Kier alpha value is 0.976. The molecule has 1 saturated heterocycles. The van der Waals surface area contributed by atoms with Crippen molar-refractivity contribution in [3.8, 4) is 0 Å². The number of halogens is 1. The molecule has 2 atom stereocenters. The van der Waals surface area contributed by atoms with E-state index >= 15 is 0 Å². The Labute approximate surface area is 105 Å². The first-order valence-corrected chi connectivity index (χ1v) is 5.19. The molecule has 0 saturated carbocycles. The standard InChI is InChI=1S/C9H18ClNO.Mg.2H/c1-8-6-11(5-3-4-10)7-9(2)12-8;;;/h8-9H,3-7H2,1-2H3;;;/q;+2;2*-1. The van der Waals surface area contributed by atoms with Gasteiger partial charge >= 0.3 is 23.1 Å². The molecule has 1 aliphatic rings. The summed E-state index contributed by atoms with van der Waals surface area (Å²) in [7, 11) is 0. The summed E-state index contributed by atoms with van der Waals surface area (Å²) >= 11 is 5.64. The predicted octanol–water partition coefficient (Wildman–Crippen LogP) is 1.57. The zero-order chi connectivity index (χ0) is 8.97. The molecule has 0 N–H and O–H groups in total. The van der Waals surface area contributed by atoms with Gasteiger partial charge in [0.15, 0.2) is 0 Å². The molecular formula is C9H20ClMgNO. The van der Waals surface area contributed by atoms with Gasteiger partial charge in [0.2, 0.25) is 0 Å². The quantitative estimate of drug-likeness (QED) is 0.526. The molecule has 13 heavy (non-hydrogen) atoms. The summed E-state index contributed by atoms with van der Waals surface area (Å²) < 4.78 is 5.62. The van der Waals surface area contributed by atoms with Crippen molar-refractivity contribution < 1.29 is 7.59 Å². The fraction of sp³-hybridized carbons (Fsp3) is 1.00. The Morgan fingerprint density at radius 2 is 1.92 bits per heavy atom. The SMILES string of the molecule is CC1CN(CCCCl)CC(C)O1.[H-].[H-].[Mg+2]. The molecule has 0 aromatic rings. The maximum Gasteiger partial charge on any atom is 2.00 e.